The van der Waals surface area contributed by atoms with Gasteiger partial charge in [-0.25, -0.2) is 4.39 Å². The van der Waals surface area contributed by atoms with Gasteiger partial charge in [0.2, 0.25) is 0 Å². The highest BCUT2D eigenvalue weighted by Gasteiger charge is 2.26. The largest absolute Gasteiger partial charge is 0.352 e. The van der Waals surface area contributed by atoms with Crippen LogP contribution in [0.2, 0.25) is 0 Å². The molecular weight excluding hydrogens is 481 g/mol. The quantitative estimate of drug-likeness (QED) is 0.412. The van der Waals surface area contributed by atoms with Gasteiger partial charge >= 0.3 is 0 Å². The van der Waals surface area contributed by atoms with Crippen molar-refractivity contribution in [3.8, 4) is 11.1 Å². The second kappa shape index (κ2) is 11.7. The maximum atomic E-state index is 15.0. The van der Waals surface area contributed by atoms with Crippen molar-refractivity contribution < 1.29 is 18.8 Å². The minimum atomic E-state index is -0.510. The number of hydrogen-bond donors (Lipinski definition) is 3. The molecule has 2 aromatic rings. The zero-order valence-corrected chi connectivity index (χ0v) is 23.0. The van der Waals surface area contributed by atoms with Crippen LogP contribution in [-0.4, -0.2) is 36.9 Å². The lowest BCUT2D eigenvalue weighted by molar-refractivity contribution is 0.0934. The zero-order valence-electron chi connectivity index (χ0n) is 23.0. The molecule has 0 aromatic heterocycles. The number of carbonyl (C=O) groups excluding carboxylic acids is 3. The van der Waals surface area contributed by atoms with Gasteiger partial charge in [0.25, 0.3) is 17.7 Å². The van der Waals surface area contributed by atoms with Crippen molar-refractivity contribution in [2.75, 3.05) is 13.1 Å². The van der Waals surface area contributed by atoms with E-state index < -0.39 is 5.82 Å². The lowest BCUT2D eigenvalue weighted by atomic mass is 9.89. The molecule has 0 aliphatic heterocycles. The lowest BCUT2D eigenvalue weighted by Crippen LogP contribution is -2.33. The van der Waals surface area contributed by atoms with Crippen LogP contribution in [0.4, 0.5) is 4.39 Å². The van der Waals surface area contributed by atoms with Crippen LogP contribution in [-0.2, 0) is 0 Å². The number of halogens is 1. The fourth-order valence-electron chi connectivity index (χ4n) is 4.87. The van der Waals surface area contributed by atoms with E-state index in [1.807, 2.05) is 20.8 Å². The highest BCUT2D eigenvalue weighted by atomic mass is 19.1. The number of amides is 3. The Bertz CT molecular complexity index is 1210. The van der Waals surface area contributed by atoms with Crippen molar-refractivity contribution in [2.45, 2.75) is 78.7 Å². The summed E-state index contributed by atoms with van der Waals surface area (Å²) in [5.41, 5.74) is 2.10. The van der Waals surface area contributed by atoms with Gasteiger partial charge in [-0.15, -0.1) is 0 Å². The van der Waals surface area contributed by atoms with Crippen LogP contribution in [0.1, 0.15) is 102 Å². The first-order valence-corrected chi connectivity index (χ1v) is 13.8. The Kier molecular flexibility index (Phi) is 8.54. The zero-order chi connectivity index (χ0) is 27.4. The van der Waals surface area contributed by atoms with Crippen LogP contribution in [0.3, 0.4) is 0 Å². The van der Waals surface area contributed by atoms with E-state index in [-0.39, 0.29) is 34.7 Å². The van der Waals surface area contributed by atoms with Gasteiger partial charge in [-0.05, 0) is 84.9 Å². The minimum Gasteiger partial charge on any atom is -0.352 e. The predicted molar refractivity (Wildman–Crippen MR) is 148 cm³/mol. The summed E-state index contributed by atoms with van der Waals surface area (Å²) < 4.78 is 15.0. The molecule has 0 radical (unpaired) electrons. The van der Waals surface area contributed by atoms with Crippen LogP contribution in [0.15, 0.2) is 30.3 Å². The molecule has 0 unspecified atom stereocenters. The predicted octanol–water partition coefficient (Wildman–Crippen LogP) is 5.78. The summed E-state index contributed by atoms with van der Waals surface area (Å²) in [6.45, 7) is 8.79. The van der Waals surface area contributed by atoms with Gasteiger partial charge in [0.15, 0.2) is 0 Å². The maximum absolute atomic E-state index is 15.0. The summed E-state index contributed by atoms with van der Waals surface area (Å²) in [5.74, 6) is -0.974. The van der Waals surface area contributed by atoms with Crippen molar-refractivity contribution >= 4 is 17.7 Å². The highest BCUT2D eigenvalue weighted by molar-refractivity contribution is 6.05. The molecular formula is C31H40FN3O3. The third kappa shape index (κ3) is 7.21. The van der Waals surface area contributed by atoms with Crippen LogP contribution in [0, 0.1) is 24.1 Å². The fourth-order valence-corrected chi connectivity index (χ4v) is 4.87. The minimum absolute atomic E-state index is 0.0913. The first-order valence-electron chi connectivity index (χ1n) is 13.8. The maximum Gasteiger partial charge on any atom is 0.251 e. The molecule has 2 saturated carbocycles. The van der Waals surface area contributed by atoms with Crippen LogP contribution in [0.25, 0.3) is 11.1 Å². The molecule has 0 bridgehead atoms. The average molecular weight is 522 g/mol. The van der Waals surface area contributed by atoms with Gasteiger partial charge in [-0.1, -0.05) is 46.1 Å². The number of benzene rings is 2. The number of rotatable bonds is 8. The molecule has 0 spiro atoms. The van der Waals surface area contributed by atoms with Crippen molar-refractivity contribution in [3.63, 3.8) is 0 Å². The first kappa shape index (κ1) is 27.8. The van der Waals surface area contributed by atoms with Gasteiger partial charge in [-0.2, -0.15) is 0 Å². The van der Waals surface area contributed by atoms with E-state index in [1.54, 1.807) is 31.2 Å². The van der Waals surface area contributed by atoms with E-state index >= 15 is 4.39 Å². The van der Waals surface area contributed by atoms with Crippen LogP contribution < -0.4 is 16.0 Å². The van der Waals surface area contributed by atoms with Crippen molar-refractivity contribution in [2.24, 2.45) is 11.3 Å². The molecule has 0 atom stereocenters. The molecule has 4 rings (SSSR count). The van der Waals surface area contributed by atoms with E-state index in [2.05, 4.69) is 16.0 Å². The Morgan fingerprint density at radius 3 is 2.21 bits per heavy atom. The third-order valence-corrected chi connectivity index (χ3v) is 7.39. The topological polar surface area (TPSA) is 87.3 Å². The van der Waals surface area contributed by atoms with E-state index in [0.717, 1.165) is 25.7 Å². The van der Waals surface area contributed by atoms with E-state index in [9.17, 15) is 14.4 Å². The Balaban J connectivity index is 1.68. The molecule has 2 fully saturated rings. The first-order chi connectivity index (χ1) is 18.0. The fraction of sp³-hybridized carbons (Fsp3) is 0.516. The van der Waals surface area contributed by atoms with Gasteiger partial charge in [0, 0.05) is 35.8 Å². The molecule has 7 heteroatoms. The third-order valence-electron chi connectivity index (χ3n) is 7.39. The van der Waals surface area contributed by atoms with Gasteiger partial charge in [0.1, 0.15) is 5.82 Å². The number of nitrogens with one attached hydrogen (secondary N) is 3. The Morgan fingerprint density at radius 2 is 1.55 bits per heavy atom. The van der Waals surface area contributed by atoms with Crippen molar-refractivity contribution in [1.82, 2.24) is 16.0 Å². The second-order valence-corrected chi connectivity index (χ2v) is 12.1. The van der Waals surface area contributed by atoms with E-state index in [0.29, 0.717) is 46.8 Å². The van der Waals surface area contributed by atoms with Crippen molar-refractivity contribution in [3.05, 3.63) is 58.4 Å². The molecule has 2 aliphatic carbocycles. The molecule has 2 aromatic carbocycles. The van der Waals surface area contributed by atoms with E-state index in [1.165, 1.54) is 25.3 Å². The monoisotopic (exact) mass is 521 g/mol. The summed E-state index contributed by atoms with van der Waals surface area (Å²) in [6, 6.07) is 7.95. The van der Waals surface area contributed by atoms with Crippen molar-refractivity contribution in [1.29, 1.82) is 0 Å². The molecule has 0 heterocycles. The van der Waals surface area contributed by atoms with Gasteiger partial charge in [-0.3, -0.25) is 14.4 Å². The molecule has 204 valence electrons. The van der Waals surface area contributed by atoms with Crippen LogP contribution in [0.5, 0.6) is 0 Å². The summed E-state index contributed by atoms with van der Waals surface area (Å²) in [5, 5.41) is 8.90. The Labute approximate surface area is 225 Å². The molecule has 3 N–H and O–H groups in total. The summed E-state index contributed by atoms with van der Waals surface area (Å²) in [7, 11) is 0. The molecule has 6 nitrogen and oxygen atoms in total. The summed E-state index contributed by atoms with van der Waals surface area (Å²) >= 11 is 0. The lowest BCUT2D eigenvalue weighted by Gasteiger charge is -2.22. The summed E-state index contributed by atoms with van der Waals surface area (Å²) in [4.78, 5) is 39.2. The standard InChI is InChI=1S/C31H40FN3O3/c1-19-25(15-22(16-27(19)32)29(37)35-23-11-12-23)24-13-10-21(28(36)34-18-31(2,3)4)14-26(24)30(38)33-17-20-8-6-5-7-9-20/h10,13-16,20,23H,5-9,11-12,17-18H2,1-4H3,(H,33,38)(H,34,36)(H,35,37). The van der Waals surface area contributed by atoms with Gasteiger partial charge in [0.05, 0.1) is 0 Å². The number of hydrogen-bond acceptors (Lipinski definition) is 3. The average Bonchev–Trinajstić information content (AvgIpc) is 3.71. The Hall–Kier alpha value is -3.22. The second-order valence-electron chi connectivity index (χ2n) is 12.1. The smallest absolute Gasteiger partial charge is 0.251 e. The summed E-state index contributed by atoms with van der Waals surface area (Å²) in [6.07, 6.45) is 7.60. The Morgan fingerprint density at radius 1 is 0.842 bits per heavy atom. The molecule has 38 heavy (non-hydrogen) atoms. The number of carbonyl (C=O) groups is 3. The normalized spacial score (nSPS) is 16.1. The highest BCUT2D eigenvalue weighted by Crippen LogP contribution is 2.32. The van der Waals surface area contributed by atoms with Crippen LogP contribution >= 0.6 is 0 Å². The molecule has 2 aliphatic rings. The SMILES string of the molecule is Cc1c(F)cc(C(=O)NC2CC2)cc1-c1ccc(C(=O)NCC(C)(C)C)cc1C(=O)NCC1CCCCC1. The van der Waals surface area contributed by atoms with E-state index in [4.69, 9.17) is 0 Å². The molecule has 3 amide bonds. The van der Waals surface area contributed by atoms with Gasteiger partial charge < -0.3 is 16.0 Å². The molecule has 0 saturated heterocycles.